The molecular formula is C23H31P. The highest BCUT2D eigenvalue weighted by atomic mass is 31.1. The molecule has 2 aromatic carbocycles. The summed E-state index contributed by atoms with van der Waals surface area (Å²) in [6.07, 6.45) is 5.70. The van der Waals surface area contributed by atoms with Crippen molar-refractivity contribution in [3.05, 3.63) is 60.7 Å². The zero-order chi connectivity index (χ0) is 16.9. The zero-order valence-corrected chi connectivity index (χ0v) is 16.3. The van der Waals surface area contributed by atoms with Gasteiger partial charge in [-0.2, -0.15) is 0 Å². The predicted octanol–water partition coefficient (Wildman–Crippen LogP) is 5.97. The Kier molecular flexibility index (Phi) is 6.12. The van der Waals surface area contributed by atoms with Crippen LogP contribution in [0.4, 0.5) is 0 Å². The second-order valence-corrected chi connectivity index (χ2v) is 10.2. The number of benzene rings is 2. The van der Waals surface area contributed by atoms with Gasteiger partial charge in [0.05, 0.1) is 0 Å². The SMILES string of the molecule is CC(C)[C@@H]1CCCC[C@H]1C(C)P(c1ccccc1)c1ccccc1. The standard InChI is InChI=1S/C23H31P/c1-18(2)22-16-10-11-17-23(22)19(3)24(20-12-6-4-7-13-20)21-14-8-5-9-15-21/h4-9,12-15,18-19,22-23H,10-11,16-17H2,1-3H3/t19?,22-,23-/m0/s1. The fourth-order valence-electron chi connectivity index (χ4n) is 4.60. The molecule has 2 aromatic rings. The van der Waals surface area contributed by atoms with Gasteiger partial charge in [-0.1, -0.05) is 94.3 Å². The van der Waals surface area contributed by atoms with Gasteiger partial charge in [-0.25, -0.2) is 0 Å². The largest absolute Gasteiger partial charge is 0.0625 e. The van der Waals surface area contributed by atoms with Crippen LogP contribution in [0.15, 0.2) is 60.7 Å². The summed E-state index contributed by atoms with van der Waals surface area (Å²) in [6.45, 7) is 7.41. The molecule has 1 unspecified atom stereocenters. The average molecular weight is 338 g/mol. The van der Waals surface area contributed by atoms with Gasteiger partial charge < -0.3 is 0 Å². The molecule has 0 saturated heterocycles. The summed E-state index contributed by atoms with van der Waals surface area (Å²) < 4.78 is 0. The zero-order valence-electron chi connectivity index (χ0n) is 15.4. The van der Waals surface area contributed by atoms with Crippen molar-refractivity contribution in [2.45, 2.75) is 52.1 Å². The van der Waals surface area contributed by atoms with Crippen LogP contribution < -0.4 is 10.6 Å². The number of hydrogen-bond acceptors (Lipinski definition) is 0. The van der Waals surface area contributed by atoms with Gasteiger partial charge in [0.1, 0.15) is 0 Å². The van der Waals surface area contributed by atoms with Crippen LogP contribution in [0.3, 0.4) is 0 Å². The first-order valence-electron chi connectivity index (χ1n) is 9.58. The van der Waals surface area contributed by atoms with Crippen molar-refractivity contribution in [1.29, 1.82) is 0 Å². The van der Waals surface area contributed by atoms with Crippen molar-refractivity contribution < 1.29 is 0 Å². The first-order chi connectivity index (χ1) is 11.7. The van der Waals surface area contributed by atoms with E-state index in [4.69, 9.17) is 0 Å². The molecule has 1 heteroatoms. The lowest BCUT2D eigenvalue weighted by Gasteiger charge is -2.41. The van der Waals surface area contributed by atoms with E-state index < -0.39 is 0 Å². The van der Waals surface area contributed by atoms with Crippen molar-refractivity contribution in [1.82, 2.24) is 0 Å². The molecule has 0 radical (unpaired) electrons. The van der Waals surface area contributed by atoms with Crippen molar-refractivity contribution in [3.8, 4) is 0 Å². The Morgan fingerprint density at radius 3 is 1.62 bits per heavy atom. The molecule has 1 aliphatic rings. The third-order valence-corrected chi connectivity index (χ3v) is 8.73. The Bertz CT molecular complexity index is 565. The summed E-state index contributed by atoms with van der Waals surface area (Å²) in [5.41, 5.74) is 0.748. The molecule has 0 N–H and O–H groups in total. The minimum atomic E-state index is -0.286. The Balaban J connectivity index is 1.95. The summed E-state index contributed by atoms with van der Waals surface area (Å²) in [4.78, 5) is 0. The average Bonchev–Trinajstić information content (AvgIpc) is 2.63. The van der Waals surface area contributed by atoms with Crippen LogP contribution >= 0.6 is 7.92 Å². The lowest BCUT2D eigenvalue weighted by atomic mass is 9.72. The molecule has 0 amide bonds. The maximum absolute atomic E-state index is 2.54. The van der Waals surface area contributed by atoms with Crippen molar-refractivity contribution in [2.24, 2.45) is 17.8 Å². The van der Waals surface area contributed by atoms with Crippen LogP contribution in [0.2, 0.25) is 0 Å². The second kappa shape index (κ2) is 8.30. The highest BCUT2D eigenvalue weighted by Crippen LogP contribution is 2.49. The van der Waals surface area contributed by atoms with Gasteiger partial charge in [-0.3, -0.25) is 0 Å². The van der Waals surface area contributed by atoms with Crippen LogP contribution in [0.25, 0.3) is 0 Å². The maximum Gasteiger partial charge on any atom is -0.0126 e. The molecular weight excluding hydrogens is 307 g/mol. The lowest BCUT2D eigenvalue weighted by Crippen LogP contribution is -2.34. The van der Waals surface area contributed by atoms with Crippen LogP contribution in [0.5, 0.6) is 0 Å². The van der Waals surface area contributed by atoms with Crippen molar-refractivity contribution in [3.63, 3.8) is 0 Å². The summed E-state index contributed by atoms with van der Waals surface area (Å²) in [5.74, 6) is 2.57. The first kappa shape index (κ1) is 17.7. The van der Waals surface area contributed by atoms with Gasteiger partial charge in [0.25, 0.3) is 0 Å². The fourth-order valence-corrected chi connectivity index (χ4v) is 7.58. The van der Waals surface area contributed by atoms with Crippen LogP contribution in [-0.4, -0.2) is 5.66 Å². The Hall–Kier alpha value is -1.13. The van der Waals surface area contributed by atoms with Gasteiger partial charge in [-0.05, 0) is 54.8 Å². The van der Waals surface area contributed by atoms with E-state index in [9.17, 15) is 0 Å². The quantitative estimate of drug-likeness (QED) is 0.589. The highest BCUT2D eigenvalue weighted by molar-refractivity contribution is 7.73. The van der Waals surface area contributed by atoms with E-state index >= 15 is 0 Å². The fraction of sp³-hybridized carbons (Fsp3) is 0.478. The van der Waals surface area contributed by atoms with E-state index in [1.54, 1.807) is 10.6 Å². The third kappa shape index (κ3) is 3.92. The molecule has 24 heavy (non-hydrogen) atoms. The van der Waals surface area contributed by atoms with Crippen molar-refractivity contribution in [2.75, 3.05) is 0 Å². The molecule has 3 rings (SSSR count). The van der Waals surface area contributed by atoms with E-state index in [0.717, 1.165) is 23.4 Å². The Labute approximate surface area is 149 Å². The summed E-state index contributed by atoms with van der Waals surface area (Å²) in [6, 6.07) is 22.5. The molecule has 1 fully saturated rings. The lowest BCUT2D eigenvalue weighted by molar-refractivity contribution is 0.179. The van der Waals surface area contributed by atoms with Gasteiger partial charge in [0.2, 0.25) is 0 Å². The molecule has 0 nitrogen and oxygen atoms in total. The molecule has 0 heterocycles. The molecule has 1 aliphatic carbocycles. The Morgan fingerprint density at radius 1 is 0.708 bits per heavy atom. The summed E-state index contributed by atoms with van der Waals surface area (Å²) in [7, 11) is -0.286. The molecule has 0 aliphatic heterocycles. The maximum atomic E-state index is 2.54. The highest BCUT2D eigenvalue weighted by Gasteiger charge is 2.35. The number of hydrogen-bond donors (Lipinski definition) is 0. The van der Waals surface area contributed by atoms with Gasteiger partial charge in [0.15, 0.2) is 0 Å². The topological polar surface area (TPSA) is 0 Å². The second-order valence-electron chi connectivity index (χ2n) is 7.64. The summed E-state index contributed by atoms with van der Waals surface area (Å²) in [5, 5.41) is 3.08. The molecule has 0 spiro atoms. The van der Waals surface area contributed by atoms with E-state index in [-0.39, 0.29) is 7.92 Å². The van der Waals surface area contributed by atoms with Gasteiger partial charge >= 0.3 is 0 Å². The van der Waals surface area contributed by atoms with E-state index in [2.05, 4.69) is 81.4 Å². The van der Waals surface area contributed by atoms with E-state index in [1.807, 2.05) is 0 Å². The van der Waals surface area contributed by atoms with E-state index in [0.29, 0.717) is 0 Å². The Morgan fingerprint density at radius 2 is 1.17 bits per heavy atom. The molecule has 0 bridgehead atoms. The molecule has 0 aromatic heterocycles. The summed E-state index contributed by atoms with van der Waals surface area (Å²) >= 11 is 0. The van der Waals surface area contributed by atoms with Crippen LogP contribution in [-0.2, 0) is 0 Å². The van der Waals surface area contributed by atoms with Gasteiger partial charge in [0, 0.05) is 0 Å². The smallest absolute Gasteiger partial charge is 0.0126 e. The number of rotatable bonds is 5. The van der Waals surface area contributed by atoms with E-state index in [1.165, 1.54) is 25.7 Å². The monoisotopic (exact) mass is 338 g/mol. The molecule has 3 atom stereocenters. The minimum Gasteiger partial charge on any atom is -0.0625 e. The molecule has 128 valence electrons. The minimum absolute atomic E-state index is 0.286. The third-order valence-electron chi connectivity index (χ3n) is 5.83. The van der Waals surface area contributed by atoms with Crippen LogP contribution in [0.1, 0.15) is 46.5 Å². The van der Waals surface area contributed by atoms with Gasteiger partial charge in [-0.15, -0.1) is 0 Å². The molecule has 1 saturated carbocycles. The van der Waals surface area contributed by atoms with Crippen LogP contribution in [0, 0.1) is 17.8 Å². The predicted molar refractivity (Wildman–Crippen MR) is 109 cm³/mol. The van der Waals surface area contributed by atoms with Crippen molar-refractivity contribution >= 4 is 18.5 Å². The normalized spacial score (nSPS) is 22.7. The first-order valence-corrected chi connectivity index (χ1v) is 11.0.